The molecule has 0 aliphatic heterocycles. The predicted octanol–water partition coefficient (Wildman–Crippen LogP) is 3.11. The smallest absolute Gasteiger partial charge is 0.0318 e. The highest BCUT2D eigenvalue weighted by molar-refractivity contribution is 5.33. The highest BCUT2D eigenvalue weighted by Crippen LogP contribution is 2.03. The third kappa shape index (κ3) is 3.67. The molecule has 0 amide bonds. The number of nitrogens with zero attached hydrogens (tertiary/aromatic N) is 1. The molecule has 0 aliphatic rings. The van der Waals surface area contributed by atoms with Gasteiger partial charge in [0.25, 0.3) is 0 Å². The summed E-state index contributed by atoms with van der Waals surface area (Å²) in [5.74, 6) is 3.18. The van der Waals surface area contributed by atoms with Crippen molar-refractivity contribution in [2.24, 2.45) is 0 Å². The molecule has 0 bridgehead atoms. The van der Waals surface area contributed by atoms with Gasteiger partial charge in [0, 0.05) is 23.7 Å². The van der Waals surface area contributed by atoms with Crippen LogP contribution >= 0.6 is 0 Å². The molecule has 0 saturated heterocycles. The average Bonchev–Trinajstić information content (AvgIpc) is 2.18. The molecule has 0 radical (unpaired) electrons. The fourth-order valence-electron chi connectivity index (χ4n) is 1.51. The van der Waals surface area contributed by atoms with Crippen LogP contribution in [0.2, 0.25) is 0 Å². The number of rotatable bonds is 2. The van der Waals surface area contributed by atoms with E-state index in [-0.39, 0.29) is 0 Å². The highest BCUT2D eigenvalue weighted by atomic mass is 15.1. The maximum Gasteiger partial charge on any atom is 0.0318 e. The lowest BCUT2D eigenvalue weighted by Gasteiger charge is -2.26. The zero-order valence-corrected chi connectivity index (χ0v) is 9.99. The third-order valence-electron chi connectivity index (χ3n) is 2.22. The normalized spacial score (nSPS) is 10.0. The molecular formula is C14H19N. The first kappa shape index (κ1) is 11.7. The first-order valence-electron chi connectivity index (χ1n) is 5.46. The van der Waals surface area contributed by atoms with E-state index in [4.69, 9.17) is 0 Å². The molecule has 0 unspecified atom stereocenters. The summed E-state index contributed by atoms with van der Waals surface area (Å²) in [5.41, 5.74) is 1.07. The molecule has 0 N–H and O–H groups in total. The van der Waals surface area contributed by atoms with E-state index < -0.39 is 0 Å². The second-order valence-electron chi connectivity index (χ2n) is 4.20. The van der Waals surface area contributed by atoms with Crippen molar-refractivity contribution in [2.75, 3.05) is 0 Å². The van der Waals surface area contributed by atoms with Gasteiger partial charge in [-0.05, 0) is 45.7 Å². The van der Waals surface area contributed by atoms with E-state index in [1.54, 1.807) is 0 Å². The maximum absolute atomic E-state index is 3.22. The minimum absolute atomic E-state index is 0.459. The van der Waals surface area contributed by atoms with Crippen molar-refractivity contribution in [3.63, 3.8) is 0 Å². The molecule has 0 saturated carbocycles. The van der Waals surface area contributed by atoms with Gasteiger partial charge < -0.3 is 4.90 Å². The lowest BCUT2D eigenvalue weighted by Crippen LogP contribution is -2.32. The number of hydrogen-bond donors (Lipinski definition) is 0. The molecule has 0 spiro atoms. The molecule has 0 atom stereocenters. The fraction of sp³-hybridized carbons (Fsp3) is 0.429. The van der Waals surface area contributed by atoms with E-state index >= 15 is 0 Å². The Bertz CT molecular complexity index is 333. The number of hydrogen-bond acceptors (Lipinski definition) is 1. The van der Waals surface area contributed by atoms with Gasteiger partial charge in [0.1, 0.15) is 0 Å². The van der Waals surface area contributed by atoms with Gasteiger partial charge in [0.15, 0.2) is 0 Å². The van der Waals surface area contributed by atoms with Crippen molar-refractivity contribution in [1.82, 2.24) is 4.90 Å². The SMILES string of the molecule is CC(C)N(C#Cc1ccccc1)C(C)C. The topological polar surface area (TPSA) is 3.24 Å². The first-order chi connectivity index (χ1) is 7.11. The van der Waals surface area contributed by atoms with Crippen LogP contribution in [0.25, 0.3) is 0 Å². The average molecular weight is 201 g/mol. The lowest BCUT2D eigenvalue weighted by molar-refractivity contribution is 0.274. The summed E-state index contributed by atoms with van der Waals surface area (Å²) in [5, 5.41) is 0. The Hall–Kier alpha value is -1.42. The minimum atomic E-state index is 0.459. The van der Waals surface area contributed by atoms with Crippen molar-refractivity contribution in [2.45, 2.75) is 39.8 Å². The lowest BCUT2D eigenvalue weighted by atomic mass is 10.2. The molecule has 0 aromatic heterocycles. The summed E-state index contributed by atoms with van der Waals surface area (Å²) >= 11 is 0. The molecule has 0 heterocycles. The van der Waals surface area contributed by atoms with Crippen molar-refractivity contribution in [3.05, 3.63) is 35.9 Å². The second-order valence-corrected chi connectivity index (χ2v) is 4.20. The maximum atomic E-state index is 3.22. The van der Waals surface area contributed by atoms with Crippen molar-refractivity contribution >= 4 is 0 Å². The molecule has 1 aromatic rings. The van der Waals surface area contributed by atoms with Gasteiger partial charge in [-0.1, -0.05) is 18.2 Å². The Labute approximate surface area is 93.1 Å². The van der Waals surface area contributed by atoms with Crippen LogP contribution in [0.5, 0.6) is 0 Å². The number of benzene rings is 1. The summed E-state index contributed by atoms with van der Waals surface area (Å²) in [7, 11) is 0. The molecule has 1 heteroatoms. The van der Waals surface area contributed by atoms with Crippen LogP contribution in [0, 0.1) is 12.0 Å². The van der Waals surface area contributed by atoms with Crippen LogP contribution in [0.3, 0.4) is 0 Å². The van der Waals surface area contributed by atoms with Crippen LogP contribution in [0.15, 0.2) is 30.3 Å². The van der Waals surface area contributed by atoms with E-state index in [9.17, 15) is 0 Å². The zero-order valence-electron chi connectivity index (χ0n) is 9.99. The van der Waals surface area contributed by atoms with E-state index in [1.807, 2.05) is 30.3 Å². The molecule has 1 aromatic carbocycles. The van der Waals surface area contributed by atoms with Crippen molar-refractivity contribution in [1.29, 1.82) is 0 Å². The Morgan fingerprint density at radius 3 is 1.93 bits per heavy atom. The van der Waals surface area contributed by atoms with Crippen LogP contribution < -0.4 is 0 Å². The van der Waals surface area contributed by atoms with E-state index in [0.29, 0.717) is 12.1 Å². The van der Waals surface area contributed by atoms with Gasteiger partial charge in [-0.2, -0.15) is 0 Å². The van der Waals surface area contributed by atoms with Crippen LogP contribution in [-0.4, -0.2) is 17.0 Å². The Kier molecular flexibility index (Phi) is 4.24. The Balaban J connectivity index is 2.79. The van der Waals surface area contributed by atoms with Crippen LogP contribution in [0.1, 0.15) is 33.3 Å². The van der Waals surface area contributed by atoms with E-state index in [0.717, 1.165) is 5.56 Å². The summed E-state index contributed by atoms with van der Waals surface area (Å²) in [4.78, 5) is 2.17. The first-order valence-corrected chi connectivity index (χ1v) is 5.46. The monoisotopic (exact) mass is 201 g/mol. The molecule has 1 rings (SSSR count). The molecule has 80 valence electrons. The van der Waals surface area contributed by atoms with Crippen molar-refractivity contribution in [3.8, 4) is 12.0 Å². The van der Waals surface area contributed by atoms with Gasteiger partial charge >= 0.3 is 0 Å². The molecule has 0 aliphatic carbocycles. The minimum Gasteiger partial charge on any atom is -0.327 e. The Morgan fingerprint density at radius 1 is 0.933 bits per heavy atom. The van der Waals surface area contributed by atoms with Gasteiger partial charge in [0.2, 0.25) is 0 Å². The van der Waals surface area contributed by atoms with E-state index in [1.165, 1.54) is 0 Å². The molecule has 15 heavy (non-hydrogen) atoms. The molecule has 0 fully saturated rings. The summed E-state index contributed by atoms with van der Waals surface area (Å²) in [6, 6.07) is 14.2. The molecule has 1 nitrogen and oxygen atoms in total. The van der Waals surface area contributed by atoms with Gasteiger partial charge in [0.05, 0.1) is 0 Å². The molecular weight excluding hydrogens is 182 g/mol. The van der Waals surface area contributed by atoms with Crippen molar-refractivity contribution < 1.29 is 0 Å². The van der Waals surface area contributed by atoms with Gasteiger partial charge in [-0.3, -0.25) is 0 Å². The third-order valence-corrected chi connectivity index (χ3v) is 2.22. The predicted molar refractivity (Wildman–Crippen MR) is 65.4 cm³/mol. The largest absolute Gasteiger partial charge is 0.327 e. The van der Waals surface area contributed by atoms with Crippen LogP contribution in [0.4, 0.5) is 0 Å². The fourth-order valence-corrected chi connectivity index (χ4v) is 1.51. The second kappa shape index (κ2) is 5.46. The van der Waals surface area contributed by atoms with Gasteiger partial charge in [-0.25, -0.2) is 0 Å². The summed E-state index contributed by atoms with van der Waals surface area (Å²) in [6.45, 7) is 8.67. The Morgan fingerprint density at radius 2 is 1.47 bits per heavy atom. The van der Waals surface area contributed by atoms with Crippen LogP contribution in [-0.2, 0) is 0 Å². The zero-order chi connectivity index (χ0) is 11.3. The summed E-state index contributed by atoms with van der Waals surface area (Å²) in [6.07, 6.45) is 0. The van der Waals surface area contributed by atoms with E-state index in [2.05, 4.69) is 44.6 Å². The highest BCUT2D eigenvalue weighted by Gasteiger charge is 2.07. The summed E-state index contributed by atoms with van der Waals surface area (Å²) < 4.78 is 0. The quantitative estimate of drug-likeness (QED) is 0.525. The standard InChI is InChI=1S/C14H19N/c1-12(2)15(13(3)4)11-10-14-8-6-5-7-9-14/h5-9,12-13H,1-4H3. The van der Waals surface area contributed by atoms with Gasteiger partial charge in [-0.15, -0.1) is 0 Å².